The van der Waals surface area contributed by atoms with Crippen molar-refractivity contribution in [3.8, 4) is 17.0 Å². The largest absolute Gasteiger partial charge is 0.507 e. The minimum absolute atomic E-state index is 0.00359. The lowest BCUT2D eigenvalue weighted by molar-refractivity contribution is -0.115. The molecule has 0 atom stereocenters. The number of carbonyl (C=O) groups excluding carboxylic acids is 2. The van der Waals surface area contributed by atoms with E-state index in [1.807, 2.05) is 37.3 Å². The predicted octanol–water partition coefficient (Wildman–Crippen LogP) is 4.94. The summed E-state index contributed by atoms with van der Waals surface area (Å²) in [6, 6.07) is 14.5. The summed E-state index contributed by atoms with van der Waals surface area (Å²) >= 11 is 0. The third-order valence-electron chi connectivity index (χ3n) is 5.86. The normalized spacial score (nSPS) is 13.4. The molecular weight excluding hydrogens is 404 g/mol. The van der Waals surface area contributed by atoms with Gasteiger partial charge in [-0.05, 0) is 43.5 Å². The first kappa shape index (κ1) is 21.6. The van der Waals surface area contributed by atoms with Gasteiger partial charge in [0.05, 0.1) is 11.4 Å². The molecule has 0 spiro atoms. The average Bonchev–Trinajstić information content (AvgIpc) is 3.15. The van der Waals surface area contributed by atoms with Crippen molar-refractivity contribution < 1.29 is 14.7 Å². The van der Waals surface area contributed by atoms with Crippen LogP contribution in [0.3, 0.4) is 0 Å². The Kier molecular flexibility index (Phi) is 6.25. The highest BCUT2D eigenvalue weighted by molar-refractivity contribution is 5.91. The molecule has 166 valence electrons. The van der Waals surface area contributed by atoms with Crippen molar-refractivity contribution in [2.24, 2.45) is 0 Å². The van der Waals surface area contributed by atoms with Gasteiger partial charge in [0.15, 0.2) is 0 Å². The van der Waals surface area contributed by atoms with Crippen LogP contribution in [0.5, 0.6) is 5.75 Å². The van der Waals surface area contributed by atoms with Gasteiger partial charge < -0.3 is 15.7 Å². The molecule has 0 bridgehead atoms. The van der Waals surface area contributed by atoms with Gasteiger partial charge in [0, 0.05) is 36.2 Å². The molecule has 1 saturated carbocycles. The number of aromatic nitrogens is 2. The highest BCUT2D eigenvalue weighted by Crippen LogP contribution is 2.39. The number of hydrogen-bond acceptors (Lipinski definition) is 4. The number of carbonyl (C=O) groups is 2. The minimum atomic E-state index is -0.286. The number of aryl methyl sites for hydroxylation is 1. The Morgan fingerprint density at radius 1 is 1.16 bits per heavy atom. The Morgan fingerprint density at radius 2 is 1.97 bits per heavy atom. The molecule has 2 amide bonds. The zero-order chi connectivity index (χ0) is 22.7. The zero-order valence-corrected chi connectivity index (χ0v) is 18.4. The van der Waals surface area contributed by atoms with Crippen LogP contribution < -0.4 is 10.6 Å². The van der Waals surface area contributed by atoms with E-state index in [1.54, 1.807) is 19.1 Å². The number of aromatic hydroxyl groups is 1. The van der Waals surface area contributed by atoms with Crippen molar-refractivity contribution in [2.45, 2.75) is 52.0 Å². The highest BCUT2D eigenvalue weighted by Gasteiger charge is 2.27. The smallest absolute Gasteiger partial charge is 0.342 e. The van der Waals surface area contributed by atoms with Crippen LogP contribution >= 0.6 is 0 Å². The lowest BCUT2D eigenvalue weighted by atomic mass is 9.82. The molecular formula is C25H28N4O3. The van der Waals surface area contributed by atoms with Crippen LogP contribution in [-0.4, -0.2) is 26.8 Å². The van der Waals surface area contributed by atoms with Crippen LogP contribution in [0.25, 0.3) is 11.3 Å². The number of nitrogens with zero attached hydrogens (tertiary/aromatic N) is 2. The molecule has 1 aliphatic rings. The first-order valence-electron chi connectivity index (χ1n) is 11.0. The lowest BCUT2D eigenvalue weighted by Crippen LogP contribution is -2.31. The summed E-state index contributed by atoms with van der Waals surface area (Å²) in [6.07, 6.45) is 3.52. The van der Waals surface area contributed by atoms with Gasteiger partial charge in [0.25, 0.3) is 0 Å². The van der Waals surface area contributed by atoms with Crippen molar-refractivity contribution in [2.75, 3.05) is 5.32 Å². The molecule has 1 aliphatic carbocycles. The number of nitrogens with one attached hydrogen (secondary N) is 2. The first-order valence-corrected chi connectivity index (χ1v) is 11.0. The summed E-state index contributed by atoms with van der Waals surface area (Å²) in [5, 5.41) is 20.8. The fraction of sp³-hybridized carbons (Fsp3) is 0.320. The van der Waals surface area contributed by atoms with E-state index in [4.69, 9.17) is 0 Å². The zero-order valence-electron chi connectivity index (χ0n) is 18.4. The van der Waals surface area contributed by atoms with E-state index in [1.165, 1.54) is 10.7 Å². The average molecular weight is 433 g/mol. The first-order chi connectivity index (χ1) is 15.4. The van der Waals surface area contributed by atoms with Gasteiger partial charge >= 0.3 is 6.03 Å². The Balaban J connectivity index is 1.58. The van der Waals surface area contributed by atoms with Crippen LogP contribution in [0.1, 0.15) is 55.3 Å². The third kappa shape index (κ3) is 4.66. The van der Waals surface area contributed by atoms with E-state index in [9.17, 15) is 14.7 Å². The maximum Gasteiger partial charge on any atom is 0.342 e. The molecule has 0 radical (unpaired) electrons. The SMILES string of the molecule is CCC(=O)Nc1ccc(-c2cc(C3CCC3)n(C(=O)NCc3cccc(C)c3)n2)c(O)c1. The summed E-state index contributed by atoms with van der Waals surface area (Å²) in [7, 11) is 0. The molecule has 32 heavy (non-hydrogen) atoms. The number of phenols is 1. The second-order valence-electron chi connectivity index (χ2n) is 8.28. The van der Waals surface area contributed by atoms with Gasteiger partial charge in [0.1, 0.15) is 5.75 Å². The van der Waals surface area contributed by atoms with E-state index in [2.05, 4.69) is 15.7 Å². The third-order valence-corrected chi connectivity index (χ3v) is 5.86. The summed E-state index contributed by atoms with van der Waals surface area (Å²) in [6.45, 7) is 4.20. The van der Waals surface area contributed by atoms with E-state index < -0.39 is 0 Å². The van der Waals surface area contributed by atoms with Gasteiger partial charge in [-0.25, -0.2) is 4.79 Å². The van der Waals surface area contributed by atoms with Crippen LogP contribution in [0.15, 0.2) is 48.5 Å². The second-order valence-corrected chi connectivity index (χ2v) is 8.28. The topological polar surface area (TPSA) is 96.3 Å². The number of hydrogen-bond donors (Lipinski definition) is 3. The molecule has 7 nitrogen and oxygen atoms in total. The monoisotopic (exact) mass is 432 g/mol. The van der Waals surface area contributed by atoms with Crippen LogP contribution in [0.4, 0.5) is 10.5 Å². The van der Waals surface area contributed by atoms with E-state index in [0.717, 1.165) is 36.1 Å². The number of rotatable bonds is 6. The lowest BCUT2D eigenvalue weighted by Gasteiger charge is -2.25. The number of anilines is 1. The van der Waals surface area contributed by atoms with Gasteiger partial charge in [-0.2, -0.15) is 9.78 Å². The summed E-state index contributed by atoms with van der Waals surface area (Å²) < 4.78 is 1.43. The van der Waals surface area contributed by atoms with Gasteiger partial charge in [0.2, 0.25) is 5.91 Å². The fourth-order valence-corrected chi connectivity index (χ4v) is 3.83. The predicted molar refractivity (Wildman–Crippen MR) is 124 cm³/mol. The van der Waals surface area contributed by atoms with Crippen LogP contribution in [-0.2, 0) is 11.3 Å². The standard InChI is InChI=1S/C25H28N4O3/c1-3-24(31)27-19-10-11-20(23(30)13-19)21-14-22(18-8-5-9-18)29(28-21)25(32)26-15-17-7-4-6-16(2)12-17/h4,6-7,10-14,18,30H,3,5,8-9,15H2,1-2H3,(H,26,32)(H,27,31). The Hall–Kier alpha value is -3.61. The van der Waals surface area contributed by atoms with Crippen LogP contribution in [0, 0.1) is 6.92 Å². The van der Waals surface area contributed by atoms with Crippen molar-refractivity contribution in [3.05, 3.63) is 65.4 Å². The molecule has 1 aromatic heterocycles. The summed E-state index contributed by atoms with van der Waals surface area (Å²) in [5.41, 5.74) is 4.60. The van der Waals surface area contributed by atoms with Crippen molar-refractivity contribution in [1.29, 1.82) is 0 Å². The Morgan fingerprint density at radius 3 is 2.62 bits per heavy atom. The molecule has 2 aromatic carbocycles. The molecule has 7 heteroatoms. The van der Waals surface area contributed by atoms with Gasteiger partial charge in [-0.3, -0.25) is 4.79 Å². The Labute approximate surface area is 187 Å². The molecule has 0 saturated heterocycles. The molecule has 4 rings (SSSR count). The summed E-state index contributed by atoms with van der Waals surface area (Å²) in [5.74, 6) is 0.161. The quantitative estimate of drug-likeness (QED) is 0.514. The molecule has 0 unspecified atom stereocenters. The van der Waals surface area contributed by atoms with E-state index >= 15 is 0 Å². The minimum Gasteiger partial charge on any atom is -0.507 e. The van der Waals surface area contributed by atoms with Crippen LogP contribution in [0.2, 0.25) is 0 Å². The molecule has 3 N–H and O–H groups in total. The maximum atomic E-state index is 13.0. The molecule has 0 aliphatic heterocycles. The van der Waals surface area contributed by atoms with Crippen molar-refractivity contribution in [3.63, 3.8) is 0 Å². The fourth-order valence-electron chi connectivity index (χ4n) is 3.83. The van der Waals surface area contributed by atoms with E-state index in [0.29, 0.717) is 29.9 Å². The Bertz CT molecular complexity index is 1150. The molecule has 1 heterocycles. The number of amides is 2. The number of benzene rings is 2. The van der Waals surface area contributed by atoms with Gasteiger partial charge in [-0.15, -0.1) is 0 Å². The highest BCUT2D eigenvalue weighted by atomic mass is 16.3. The molecule has 3 aromatic rings. The van der Waals surface area contributed by atoms with E-state index in [-0.39, 0.29) is 23.6 Å². The number of phenolic OH excluding ortho intramolecular Hbond substituents is 1. The second kappa shape index (κ2) is 9.26. The molecule has 1 fully saturated rings. The van der Waals surface area contributed by atoms with Gasteiger partial charge in [-0.1, -0.05) is 43.2 Å². The maximum absolute atomic E-state index is 13.0. The van der Waals surface area contributed by atoms with Crippen molar-refractivity contribution in [1.82, 2.24) is 15.1 Å². The summed E-state index contributed by atoms with van der Waals surface area (Å²) in [4.78, 5) is 24.6. The van der Waals surface area contributed by atoms with Crippen molar-refractivity contribution >= 4 is 17.6 Å².